The second-order valence-corrected chi connectivity index (χ2v) is 5.05. The Morgan fingerprint density at radius 2 is 2.00 bits per heavy atom. The predicted molar refractivity (Wildman–Crippen MR) is 61.1 cm³/mol. The van der Waals surface area contributed by atoms with Gasteiger partial charge in [-0.3, -0.25) is 0 Å². The summed E-state index contributed by atoms with van der Waals surface area (Å²) < 4.78 is 0. The largest absolute Gasteiger partial charge is 0.303 e. The number of aldehydes is 1. The molecule has 0 amide bonds. The molecule has 0 aliphatic carbocycles. The molecule has 1 unspecified atom stereocenters. The van der Waals surface area contributed by atoms with E-state index in [1.165, 1.54) is 4.88 Å². The molecule has 0 aromatic carbocycles. The van der Waals surface area contributed by atoms with E-state index in [1.54, 1.807) is 22.7 Å². The van der Waals surface area contributed by atoms with Gasteiger partial charge >= 0.3 is 0 Å². The minimum atomic E-state index is 0.0358. The summed E-state index contributed by atoms with van der Waals surface area (Å²) in [7, 11) is 0. The first-order valence-corrected chi connectivity index (χ1v) is 6.17. The third kappa shape index (κ3) is 2.11. The lowest BCUT2D eigenvalue weighted by Gasteiger charge is -2.05. The summed E-state index contributed by atoms with van der Waals surface area (Å²) in [5.41, 5.74) is 0. The fourth-order valence-corrected chi connectivity index (χ4v) is 2.91. The van der Waals surface area contributed by atoms with E-state index in [1.807, 2.05) is 29.0 Å². The van der Waals surface area contributed by atoms with Crippen LogP contribution in [0.3, 0.4) is 0 Å². The minimum absolute atomic E-state index is 0.0358. The van der Waals surface area contributed by atoms with Gasteiger partial charge in [-0.15, -0.1) is 22.7 Å². The van der Waals surface area contributed by atoms with Crippen LogP contribution in [0.4, 0.5) is 0 Å². The van der Waals surface area contributed by atoms with E-state index < -0.39 is 0 Å². The summed E-state index contributed by atoms with van der Waals surface area (Å²) >= 11 is 3.36. The van der Waals surface area contributed by atoms with Crippen LogP contribution in [0, 0.1) is 0 Å². The lowest BCUT2D eigenvalue weighted by Crippen LogP contribution is -2.00. The van der Waals surface area contributed by atoms with Gasteiger partial charge in [-0.25, -0.2) is 0 Å². The molecule has 2 aromatic rings. The van der Waals surface area contributed by atoms with Crippen molar-refractivity contribution in [1.29, 1.82) is 0 Å². The summed E-state index contributed by atoms with van der Waals surface area (Å²) in [5, 5.41) is 4.06. The van der Waals surface area contributed by atoms with Crippen molar-refractivity contribution >= 4 is 29.0 Å². The van der Waals surface area contributed by atoms with E-state index in [0.29, 0.717) is 0 Å². The number of carbonyl (C=O) groups excluding carboxylic acids is 1. The third-order valence-corrected chi connectivity index (χ3v) is 3.98. The molecule has 2 aromatic heterocycles. The maximum absolute atomic E-state index is 10.9. The van der Waals surface area contributed by atoms with Crippen LogP contribution in [-0.2, 0) is 11.2 Å². The van der Waals surface area contributed by atoms with Gasteiger partial charge in [0.25, 0.3) is 0 Å². The molecular formula is C11H10OS2. The molecule has 0 bridgehead atoms. The quantitative estimate of drug-likeness (QED) is 0.725. The summed E-state index contributed by atoms with van der Waals surface area (Å²) in [4.78, 5) is 13.4. The molecule has 1 nitrogen and oxygen atoms in total. The second-order valence-electron chi connectivity index (χ2n) is 3.04. The summed E-state index contributed by atoms with van der Waals surface area (Å²) in [6.45, 7) is 0. The molecule has 14 heavy (non-hydrogen) atoms. The Labute approximate surface area is 91.0 Å². The van der Waals surface area contributed by atoms with E-state index in [2.05, 4.69) is 6.07 Å². The van der Waals surface area contributed by atoms with Crippen molar-refractivity contribution in [2.75, 3.05) is 0 Å². The van der Waals surface area contributed by atoms with Crippen LogP contribution >= 0.6 is 22.7 Å². The smallest absolute Gasteiger partial charge is 0.128 e. The fraction of sp³-hybridized carbons (Fsp3) is 0.182. The Kier molecular flexibility index (Phi) is 3.11. The first-order valence-electron chi connectivity index (χ1n) is 4.41. The van der Waals surface area contributed by atoms with E-state index >= 15 is 0 Å². The summed E-state index contributed by atoms with van der Waals surface area (Å²) in [6.07, 6.45) is 1.88. The minimum Gasteiger partial charge on any atom is -0.303 e. The first kappa shape index (κ1) is 9.62. The maximum Gasteiger partial charge on any atom is 0.128 e. The SMILES string of the molecule is O=CC(Cc1cccs1)c1cccs1. The van der Waals surface area contributed by atoms with E-state index in [9.17, 15) is 4.79 Å². The van der Waals surface area contributed by atoms with Gasteiger partial charge < -0.3 is 4.79 Å². The van der Waals surface area contributed by atoms with Gasteiger partial charge in [-0.05, 0) is 29.3 Å². The van der Waals surface area contributed by atoms with Gasteiger partial charge in [0.05, 0.1) is 5.92 Å². The van der Waals surface area contributed by atoms with Gasteiger partial charge in [0, 0.05) is 9.75 Å². The standard InChI is InChI=1S/C11H10OS2/c12-8-9(11-4-2-6-14-11)7-10-3-1-5-13-10/h1-6,8-9H,7H2. The average Bonchev–Trinajstić information content (AvgIpc) is 2.86. The molecule has 3 heteroatoms. The van der Waals surface area contributed by atoms with Crippen LogP contribution in [0.1, 0.15) is 15.7 Å². The monoisotopic (exact) mass is 222 g/mol. The lowest BCUT2D eigenvalue weighted by molar-refractivity contribution is -0.109. The van der Waals surface area contributed by atoms with Crippen molar-refractivity contribution in [1.82, 2.24) is 0 Å². The highest BCUT2D eigenvalue weighted by atomic mass is 32.1. The molecule has 0 aliphatic rings. The molecule has 2 heterocycles. The maximum atomic E-state index is 10.9. The molecule has 0 saturated heterocycles. The lowest BCUT2D eigenvalue weighted by atomic mass is 10.0. The van der Waals surface area contributed by atoms with Crippen LogP contribution in [0.15, 0.2) is 35.0 Å². The van der Waals surface area contributed by atoms with E-state index in [4.69, 9.17) is 0 Å². The molecule has 0 spiro atoms. The van der Waals surface area contributed by atoms with Crippen LogP contribution in [0.2, 0.25) is 0 Å². The highest BCUT2D eigenvalue weighted by molar-refractivity contribution is 7.10. The van der Waals surface area contributed by atoms with Crippen LogP contribution in [0.25, 0.3) is 0 Å². The van der Waals surface area contributed by atoms with Crippen molar-refractivity contribution in [3.63, 3.8) is 0 Å². The normalized spacial score (nSPS) is 12.6. The van der Waals surface area contributed by atoms with Crippen LogP contribution in [0.5, 0.6) is 0 Å². The number of hydrogen-bond acceptors (Lipinski definition) is 3. The summed E-state index contributed by atoms with van der Waals surface area (Å²) in [6, 6.07) is 8.12. The molecule has 72 valence electrons. The topological polar surface area (TPSA) is 17.1 Å². The summed E-state index contributed by atoms with van der Waals surface area (Å²) in [5.74, 6) is 0.0358. The molecule has 0 aliphatic heterocycles. The van der Waals surface area contributed by atoms with E-state index in [-0.39, 0.29) is 5.92 Å². The molecule has 0 radical (unpaired) electrons. The molecule has 2 rings (SSSR count). The van der Waals surface area contributed by atoms with Crippen molar-refractivity contribution < 1.29 is 4.79 Å². The Balaban J connectivity index is 2.12. The Morgan fingerprint density at radius 1 is 1.21 bits per heavy atom. The third-order valence-electron chi connectivity index (χ3n) is 2.07. The van der Waals surface area contributed by atoms with Crippen LogP contribution in [-0.4, -0.2) is 6.29 Å². The molecule has 0 N–H and O–H groups in total. The molecular weight excluding hydrogens is 212 g/mol. The number of rotatable bonds is 4. The van der Waals surface area contributed by atoms with Crippen LogP contribution < -0.4 is 0 Å². The molecule has 0 fully saturated rings. The zero-order chi connectivity index (χ0) is 9.80. The van der Waals surface area contributed by atoms with Gasteiger partial charge in [0.15, 0.2) is 0 Å². The number of carbonyl (C=O) groups is 1. The number of hydrogen-bond donors (Lipinski definition) is 0. The zero-order valence-electron chi connectivity index (χ0n) is 7.55. The van der Waals surface area contributed by atoms with Gasteiger partial charge in [0.2, 0.25) is 0 Å². The predicted octanol–water partition coefficient (Wildman–Crippen LogP) is 3.33. The Bertz CT molecular complexity index is 375. The molecule has 1 atom stereocenters. The van der Waals surface area contributed by atoms with Gasteiger partial charge in [-0.2, -0.15) is 0 Å². The van der Waals surface area contributed by atoms with Crippen molar-refractivity contribution in [2.24, 2.45) is 0 Å². The van der Waals surface area contributed by atoms with Gasteiger partial charge in [0.1, 0.15) is 6.29 Å². The Morgan fingerprint density at radius 3 is 2.57 bits per heavy atom. The highest BCUT2D eigenvalue weighted by Crippen LogP contribution is 2.24. The Hall–Kier alpha value is -0.930. The second kappa shape index (κ2) is 4.53. The first-order chi connectivity index (χ1) is 6.90. The fourth-order valence-electron chi connectivity index (χ4n) is 1.36. The highest BCUT2D eigenvalue weighted by Gasteiger charge is 2.12. The number of thiophene rings is 2. The van der Waals surface area contributed by atoms with E-state index in [0.717, 1.165) is 17.6 Å². The van der Waals surface area contributed by atoms with Gasteiger partial charge in [-0.1, -0.05) is 12.1 Å². The molecule has 0 saturated carbocycles. The van der Waals surface area contributed by atoms with Crippen molar-refractivity contribution in [3.8, 4) is 0 Å². The zero-order valence-corrected chi connectivity index (χ0v) is 9.18. The van der Waals surface area contributed by atoms with Crippen molar-refractivity contribution in [2.45, 2.75) is 12.3 Å². The van der Waals surface area contributed by atoms with Crippen molar-refractivity contribution in [3.05, 3.63) is 44.8 Å². The average molecular weight is 222 g/mol.